The van der Waals surface area contributed by atoms with Crippen LogP contribution in [0.15, 0.2) is 24.3 Å². The van der Waals surface area contributed by atoms with Gasteiger partial charge in [-0.15, -0.1) is 0 Å². The third kappa shape index (κ3) is 5.71. The lowest BCUT2D eigenvalue weighted by atomic mass is 9.88. The van der Waals surface area contributed by atoms with E-state index in [1.807, 2.05) is 18.2 Å². The van der Waals surface area contributed by atoms with Gasteiger partial charge in [0, 0.05) is 11.6 Å². The maximum Gasteiger partial charge on any atom is 0.213 e. The predicted octanol–water partition coefficient (Wildman–Crippen LogP) is 6.90. The van der Waals surface area contributed by atoms with Crippen LogP contribution in [0.1, 0.15) is 76.5 Å². The van der Waals surface area contributed by atoms with Crippen molar-refractivity contribution in [2.45, 2.75) is 78.1 Å². The van der Waals surface area contributed by atoms with Crippen molar-refractivity contribution in [3.8, 4) is 22.8 Å². The van der Waals surface area contributed by atoms with Crippen molar-refractivity contribution in [1.82, 2.24) is 4.98 Å². The molecule has 0 saturated heterocycles. The molecule has 1 aromatic heterocycles. The van der Waals surface area contributed by atoms with E-state index in [-0.39, 0.29) is 5.82 Å². The summed E-state index contributed by atoms with van der Waals surface area (Å²) >= 11 is 0. The van der Waals surface area contributed by atoms with Crippen molar-refractivity contribution < 1.29 is 13.9 Å². The van der Waals surface area contributed by atoms with Crippen molar-refractivity contribution in [1.29, 1.82) is 0 Å². The quantitative estimate of drug-likeness (QED) is 0.364. The molecule has 1 aliphatic rings. The van der Waals surface area contributed by atoms with Gasteiger partial charge in [0.2, 0.25) is 5.88 Å². The van der Waals surface area contributed by atoms with E-state index in [1.165, 1.54) is 25.7 Å². The van der Waals surface area contributed by atoms with Gasteiger partial charge in [-0.05, 0) is 48.9 Å². The average Bonchev–Trinajstić information content (AvgIpc) is 2.74. The van der Waals surface area contributed by atoms with Crippen LogP contribution in [-0.4, -0.2) is 18.2 Å². The van der Waals surface area contributed by atoms with Crippen molar-refractivity contribution in [2.75, 3.05) is 13.2 Å². The first-order chi connectivity index (χ1) is 14.2. The highest BCUT2D eigenvalue weighted by Crippen LogP contribution is 2.38. The first-order valence-corrected chi connectivity index (χ1v) is 11.3. The van der Waals surface area contributed by atoms with Crippen molar-refractivity contribution in [2.24, 2.45) is 0 Å². The SMILES string of the molecule is CCCCCCCCOc1ccc2c(c1F)CCc1nc(OCCCC)ccc1-2. The molecule has 3 nitrogen and oxygen atoms in total. The molecule has 0 unspecified atom stereocenters. The van der Waals surface area contributed by atoms with Gasteiger partial charge < -0.3 is 9.47 Å². The number of pyridine rings is 1. The lowest BCUT2D eigenvalue weighted by Crippen LogP contribution is -2.11. The number of hydrogen-bond donors (Lipinski definition) is 0. The summed E-state index contributed by atoms with van der Waals surface area (Å²) in [7, 11) is 0. The Balaban J connectivity index is 1.62. The Labute approximate surface area is 174 Å². The number of benzene rings is 1. The molecule has 1 heterocycles. The van der Waals surface area contributed by atoms with Crippen LogP contribution in [0.2, 0.25) is 0 Å². The molecule has 0 aliphatic heterocycles. The summed E-state index contributed by atoms with van der Waals surface area (Å²) in [6, 6.07) is 7.65. The number of unbranched alkanes of at least 4 members (excludes halogenated alkanes) is 6. The zero-order valence-corrected chi connectivity index (χ0v) is 17.9. The summed E-state index contributed by atoms with van der Waals surface area (Å²) in [5.74, 6) is 0.843. The van der Waals surface area contributed by atoms with Crippen LogP contribution in [0, 0.1) is 5.82 Å². The zero-order chi connectivity index (χ0) is 20.5. The van der Waals surface area contributed by atoms with Gasteiger partial charge >= 0.3 is 0 Å². The maximum atomic E-state index is 15.0. The molecule has 158 valence electrons. The van der Waals surface area contributed by atoms with Crippen LogP contribution in [0.4, 0.5) is 4.39 Å². The number of nitrogens with zero attached hydrogens (tertiary/aromatic N) is 1. The monoisotopic (exact) mass is 399 g/mol. The number of aryl methyl sites for hydroxylation is 1. The summed E-state index contributed by atoms with van der Waals surface area (Å²) in [4.78, 5) is 4.65. The average molecular weight is 400 g/mol. The van der Waals surface area contributed by atoms with Crippen molar-refractivity contribution in [3.05, 3.63) is 41.3 Å². The number of hydrogen-bond acceptors (Lipinski definition) is 3. The van der Waals surface area contributed by atoms with E-state index in [4.69, 9.17) is 9.47 Å². The summed E-state index contributed by atoms with van der Waals surface area (Å²) in [6.45, 7) is 5.63. The van der Waals surface area contributed by atoms with Gasteiger partial charge in [0.15, 0.2) is 11.6 Å². The minimum absolute atomic E-state index is 0.206. The predicted molar refractivity (Wildman–Crippen MR) is 116 cm³/mol. The number of fused-ring (bicyclic) bond motifs is 3. The normalized spacial score (nSPS) is 12.4. The molecule has 1 aliphatic carbocycles. The largest absolute Gasteiger partial charge is 0.491 e. The number of halogens is 1. The van der Waals surface area contributed by atoms with Gasteiger partial charge in [-0.2, -0.15) is 0 Å². The van der Waals surface area contributed by atoms with Gasteiger partial charge in [-0.3, -0.25) is 0 Å². The molecule has 4 heteroatoms. The lowest BCUT2D eigenvalue weighted by Gasteiger charge is -2.21. The Morgan fingerprint density at radius 3 is 2.34 bits per heavy atom. The molecule has 2 aromatic rings. The Kier molecular flexibility index (Phi) is 8.33. The fourth-order valence-electron chi connectivity index (χ4n) is 3.83. The third-order valence-electron chi connectivity index (χ3n) is 5.56. The molecular weight excluding hydrogens is 365 g/mol. The topological polar surface area (TPSA) is 31.4 Å². The highest BCUT2D eigenvalue weighted by atomic mass is 19.1. The highest BCUT2D eigenvalue weighted by Gasteiger charge is 2.23. The fourth-order valence-corrected chi connectivity index (χ4v) is 3.83. The van der Waals surface area contributed by atoms with E-state index in [9.17, 15) is 0 Å². The van der Waals surface area contributed by atoms with Crippen LogP contribution in [0.25, 0.3) is 11.1 Å². The number of rotatable bonds is 12. The van der Waals surface area contributed by atoms with Gasteiger partial charge in [0.25, 0.3) is 0 Å². The van der Waals surface area contributed by atoms with Gasteiger partial charge in [0.1, 0.15) is 0 Å². The Hall–Kier alpha value is -2.10. The molecule has 3 rings (SSSR count). The maximum absolute atomic E-state index is 15.0. The molecule has 0 atom stereocenters. The second-order valence-electron chi connectivity index (χ2n) is 7.87. The molecule has 0 amide bonds. The van der Waals surface area contributed by atoms with Gasteiger partial charge in [-0.1, -0.05) is 58.4 Å². The van der Waals surface area contributed by atoms with E-state index in [1.54, 1.807) is 6.07 Å². The summed E-state index contributed by atoms with van der Waals surface area (Å²) < 4.78 is 26.5. The smallest absolute Gasteiger partial charge is 0.213 e. The number of aromatic nitrogens is 1. The van der Waals surface area contributed by atoms with E-state index in [0.29, 0.717) is 31.3 Å². The van der Waals surface area contributed by atoms with Crippen molar-refractivity contribution in [3.63, 3.8) is 0 Å². The molecular formula is C25H34FNO2. The Morgan fingerprint density at radius 1 is 0.793 bits per heavy atom. The van der Waals surface area contributed by atoms with E-state index < -0.39 is 0 Å². The zero-order valence-electron chi connectivity index (χ0n) is 17.9. The van der Waals surface area contributed by atoms with E-state index >= 15 is 4.39 Å². The standard InChI is InChI=1S/C25H34FNO2/c1-3-5-7-8-9-10-18-28-23-15-12-19-20-13-16-24(29-17-6-4-2)27-22(20)14-11-21(19)25(23)26/h12-13,15-16H,3-11,14,17-18H2,1-2H3. The summed E-state index contributed by atoms with van der Waals surface area (Å²) in [5, 5.41) is 0. The van der Waals surface area contributed by atoms with Gasteiger partial charge in [0.05, 0.1) is 18.9 Å². The minimum Gasteiger partial charge on any atom is -0.491 e. The highest BCUT2D eigenvalue weighted by molar-refractivity contribution is 5.73. The van der Waals surface area contributed by atoms with Crippen LogP contribution in [0.5, 0.6) is 11.6 Å². The Morgan fingerprint density at radius 2 is 1.52 bits per heavy atom. The van der Waals surface area contributed by atoms with Crippen LogP contribution in [-0.2, 0) is 12.8 Å². The summed E-state index contributed by atoms with van der Waals surface area (Å²) in [5.41, 5.74) is 3.68. The number of ether oxygens (including phenoxy) is 2. The molecule has 0 saturated carbocycles. The molecule has 0 N–H and O–H groups in total. The van der Waals surface area contributed by atoms with Crippen LogP contribution < -0.4 is 9.47 Å². The van der Waals surface area contributed by atoms with E-state index in [0.717, 1.165) is 54.5 Å². The second-order valence-corrected chi connectivity index (χ2v) is 7.87. The molecule has 0 spiro atoms. The lowest BCUT2D eigenvalue weighted by molar-refractivity contribution is 0.289. The molecule has 29 heavy (non-hydrogen) atoms. The Bertz CT molecular complexity index is 791. The molecule has 1 aromatic carbocycles. The molecule has 0 bridgehead atoms. The van der Waals surface area contributed by atoms with Gasteiger partial charge in [-0.25, -0.2) is 9.37 Å². The minimum atomic E-state index is -0.206. The fraction of sp³-hybridized carbons (Fsp3) is 0.560. The first kappa shape index (κ1) is 21.6. The summed E-state index contributed by atoms with van der Waals surface area (Å²) in [6.07, 6.45) is 10.7. The molecule has 0 fully saturated rings. The van der Waals surface area contributed by atoms with Crippen molar-refractivity contribution >= 4 is 0 Å². The third-order valence-corrected chi connectivity index (χ3v) is 5.56. The van der Waals surface area contributed by atoms with Crippen LogP contribution >= 0.6 is 0 Å². The first-order valence-electron chi connectivity index (χ1n) is 11.3. The van der Waals surface area contributed by atoms with Crippen LogP contribution in [0.3, 0.4) is 0 Å². The molecule has 0 radical (unpaired) electrons. The van der Waals surface area contributed by atoms with E-state index in [2.05, 4.69) is 18.8 Å². The second kappa shape index (κ2) is 11.2.